The van der Waals surface area contributed by atoms with Gasteiger partial charge in [-0.2, -0.15) is 0 Å². The average Bonchev–Trinajstić information content (AvgIpc) is 2.82. The molecule has 7 heteroatoms. The van der Waals surface area contributed by atoms with Crippen LogP contribution in [0.2, 0.25) is 0 Å². The normalized spacial score (nSPS) is 58.0. The molecule has 4 rings (SSSR count). The summed E-state index contributed by atoms with van der Waals surface area (Å²) < 4.78 is 5.09. The van der Waals surface area contributed by atoms with Crippen molar-refractivity contribution in [3.05, 3.63) is 0 Å². The molecular formula is C21H34O7. The number of carbonyl (C=O) groups is 1. The molecule has 0 aromatic rings. The van der Waals surface area contributed by atoms with Crippen LogP contribution in [0.25, 0.3) is 0 Å². The molecule has 0 heterocycles. The van der Waals surface area contributed by atoms with Crippen LogP contribution in [0.15, 0.2) is 0 Å². The summed E-state index contributed by atoms with van der Waals surface area (Å²) in [5.74, 6) is -0.911. The van der Waals surface area contributed by atoms with Gasteiger partial charge in [0.05, 0.1) is 36.9 Å². The predicted molar refractivity (Wildman–Crippen MR) is 99.0 cm³/mol. The fourth-order valence-electron chi connectivity index (χ4n) is 8.34. The topological polar surface area (TPSA) is 127 Å². The van der Waals surface area contributed by atoms with E-state index < -0.39 is 52.2 Å². The molecule has 0 aliphatic heterocycles. The molecule has 7 nitrogen and oxygen atoms in total. The van der Waals surface area contributed by atoms with Gasteiger partial charge in [0, 0.05) is 11.3 Å². The second-order valence-electron chi connectivity index (χ2n) is 10.6. The van der Waals surface area contributed by atoms with Gasteiger partial charge < -0.3 is 30.3 Å². The Morgan fingerprint density at radius 3 is 2.39 bits per heavy atom. The van der Waals surface area contributed by atoms with E-state index in [1.165, 1.54) is 7.11 Å². The summed E-state index contributed by atoms with van der Waals surface area (Å²) in [6.45, 7) is 3.33. The lowest BCUT2D eigenvalue weighted by Gasteiger charge is -2.66. The Labute approximate surface area is 165 Å². The lowest BCUT2D eigenvalue weighted by molar-refractivity contribution is -0.261. The van der Waals surface area contributed by atoms with Crippen molar-refractivity contribution < 1.29 is 35.1 Å². The van der Waals surface area contributed by atoms with Gasteiger partial charge in [0.1, 0.15) is 5.60 Å². The number of esters is 1. The molecule has 0 amide bonds. The molecule has 4 aliphatic carbocycles. The van der Waals surface area contributed by atoms with E-state index in [9.17, 15) is 30.3 Å². The maximum Gasteiger partial charge on any atom is 0.311 e. The summed E-state index contributed by atoms with van der Waals surface area (Å²) in [7, 11) is 1.35. The summed E-state index contributed by atoms with van der Waals surface area (Å²) in [4.78, 5) is 12.7. The van der Waals surface area contributed by atoms with Gasteiger partial charge in [-0.15, -0.1) is 0 Å². The quantitative estimate of drug-likeness (QED) is 0.425. The summed E-state index contributed by atoms with van der Waals surface area (Å²) in [6.07, 6.45) is 0.944. The molecule has 2 bridgehead atoms. The van der Waals surface area contributed by atoms with Crippen LogP contribution in [0, 0.1) is 28.1 Å². The van der Waals surface area contributed by atoms with Gasteiger partial charge in [-0.3, -0.25) is 4.79 Å². The van der Waals surface area contributed by atoms with Gasteiger partial charge >= 0.3 is 5.97 Å². The van der Waals surface area contributed by atoms with Gasteiger partial charge in [-0.05, 0) is 56.8 Å². The molecular weight excluding hydrogens is 364 g/mol. The number of hydrogen-bond donors (Lipinski definition) is 5. The zero-order chi connectivity index (χ0) is 20.8. The molecule has 5 N–H and O–H groups in total. The van der Waals surface area contributed by atoms with Gasteiger partial charge in [-0.25, -0.2) is 0 Å². The van der Waals surface area contributed by atoms with Crippen LogP contribution >= 0.6 is 0 Å². The first-order chi connectivity index (χ1) is 12.9. The Morgan fingerprint density at radius 2 is 1.79 bits per heavy atom. The maximum absolute atomic E-state index is 12.7. The van der Waals surface area contributed by atoms with Crippen LogP contribution in [0.1, 0.15) is 58.8 Å². The highest BCUT2D eigenvalue weighted by Crippen LogP contribution is 2.73. The first-order valence-electron chi connectivity index (χ1n) is 10.4. The van der Waals surface area contributed by atoms with Crippen molar-refractivity contribution in [3.63, 3.8) is 0 Å². The smallest absolute Gasteiger partial charge is 0.311 e. The minimum Gasteiger partial charge on any atom is -0.469 e. The standard InChI is InChI=1S/C21H34O7/c1-17-6-4-7-18(2,16(25)28-3)14(17)13(23)15(24)19-9-20(26,8-5-12(17)19)21(27,10-19)11-22/h12-15,22-24,26-27H,4-11H2,1-3H3/t12-,13-,14-,15-,17-,18+,19+,20+,21-/m0/s1. The third kappa shape index (κ3) is 2.15. The Bertz CT molecular complexity index is 682. The van der Waals surface area contributed by atoms with Crippen LogP contribution in [0.5, 0.6) is 0 Å². The lowest BCUT2D eigenvalue weighted by atomic mass is 9.39. The minimum absolute atomic E-state index is 0.0488. The van der Waals surface area contributed by atoms with Crippen LogP contribution in [0.3, 0.4) is 0 Å². The Balaban J connectivity index is 1.84. The number of rotatable bonds is 2. The average molecular weight is 398 g/mol. The Hall–Kier alpha value is -0.730. The highest BCUT2D eigenvalue weighted by Gasteiger charge is 2.77. The second-order valence-corrected chi connectivity index (χ2v) is 10.6. The molecule has 1 spiro atoms. The van der Waals surface area contributed by atoms with E-state index in [0.717, 1.165) is 12.8 Å². The van der Waals surface area contributed by atoms with E-state index >= 15 is 0 Å². The highest BCUT2D eigenvalue weighted by atomic mass is 16.5. The Morgan fingerprint density at radius 1 is 1.11 bits per heavy atom. The van der Waals surface area contributed by atoms with E-state index in [-0.39, 0.29) is 24.7 Å². The van der Waals surface area contributed by atoms with Crippen LogP contribution in [-0.4, -0.2) is 68.6 Å². The van der Waals surface area contributed by atoms with Crippen LogP contribution in [-0.2, 0) is 9.53 Å². The number of hydrogen-bond acceptors (Lipinski definition) is 7. The zero-order valence-corrected chi connectivity index (χ0v) is 17.0. The van der Waals surface area contributed by atoms with Crippen LogP contribution < -0.4 is 0 Å². The molecule has 28 heavy (non-hydrogen) atoms. The number of ether oxygens (including phenoxy) is 1. The van der Waals surface area contributed by atoms with Crippen molar-refractivity contribution in [1.82, 2.24) is 0 Å². The Kier molecular flexibility index (Phi) is 4.34. The number of aliphatic hydroxyl groups excluding tert-OH is 3. The first kappa shape index (κ1) is 20.5. The molecule has 4 saturated carbocycles. The predicted octanol–water partition coefficient (Wildman–Crippen LogP) is 0.352. The van der Waals surface area contributed by atoms with Crippen LogP contribution in [0.4, 0.5) is 0 Å². The van der Waals surface area contributed by atoms with Crippen molar-refractivity contribution in [2.24, 2.45) is 28.1 Å². The number of fused-ring (bicyclic) bond motifs is 3. The molecule has 4 fully saturated rings. The highest BCUT2D eigenvalue weighted by molar-refractivity contribution is 5.77. The molecule has 0 unspecified atom stereocenters. The summed E-state index contributed by atoms with van der Waals surface area (Å²) >= 11 is 0. The summed E-state index contributed by atoms with van der Waals surface area (Å²) in [5.41, 5.74) is -5.39. The fourth-order valence-corrected chi connectivity index (χ4v) is 8.34. The molecule has 0 saturated heterocycles. The first-order valence-corrected chi connectivity index (χ1v) is 10.4. The summed E-state index contributed by atoms with van der Waals surface area (Å²) in [5, 5.41) is 54.6. The van der Waals surface area contributed by atoms with E-state index in [1.54, 1.807) is 0 Å². The molecule has 0 aromatic heterocycles. The van der Waals surface area contributed by atoms with Gasteiger partial charge in [0.25, 0.3) is 0 Å². The molecule has 0 aromatic carbocycles. The SMILES string of the molecule is COC(=O)[C@]1(C)CCC[C@@]2(C)[C@@H]3CC[C@@]4(O)C[C@]3(C[C@]4(O)CO)[C@@H](O)[C@@H](O)[C@@H]21. The van der Waals surface area contributed by atoms with Gasteiger partial charge in [-0.1, -0.05) is 13.3 Å². The minimum atomic E-state index is -1.69. The molecule has 4 aliphatic rings. The van der Waals surface area contributed by atoms with E-state index in [1.807, 2.05) is 6.92 Å². The van der Waals surface area contributed by atoms with Crippen molar-refractivity contribution in [2.75, 3.05) is 13.7 Å². The number of carbonyl (C=O) groups excluding carboxylic acids is 1. The van der Waals surface area contributed by atoms with Gasteiger partial charge in [0.15, 0.2) is 0 Å². The lowest BCUT2D eigenvalue weighted by Crippen LogP contribution is -2.69. The van der Waals surface area contributed by atoms with Gasteiger partial charge in [0.2, 0.25) is 0 Å². The third-order valence-corrected chi connectivity index (χ3v) is 9.42. The summed E-state index contributed by atoms with van der Waals surface area (Å²) in [6, 6.07) is 0. The van der Waals surface area contributed by atoms with Crippen molar-refractivity contribution in [2.45, 2.75) is 82.2 Å². The van der Waals surface area contributed by atoms with E-state index in [0.29, 0.717) is 19.3 Å². The van der Waals surface area contributed by atoms with Crippen molar-refractivity contribution in [1.29, 1.82) is 0 Å². The van der Waals surface area contributed by atoms with E-state index in [2.05, 4.69) is 6.92 Å². The maximum atomic E-state index is 12.7. The molecule has 9 atom stereocenters. The third-order valence-electron chi connectivity index (χ3n) is 9.42. The van der Waals surface area contributed by atoms with E-state index in [4.69, 9.17) is 4.74 Å². The van der Waals surface area contributed by atoms with Crippen molar-refractivity contribution in [3.8, 4) is 0 Å². The van der Waals surface area contributed by atoms with Crippen molar-refractivity contribution >= 4 is 5.97 Å². The number of methoxy groups -OCH3 is 1. The fraction of sp³-hybridized carbons (Fsp3) is 0.952. The molecule has 160 valence electrons. The zero-order valence-electron chi connectivity index (χ0n) is 17.0. The number of aliphatic hydroxyl groups is 5. The monoisotopic (exact) mass is 398 g/mol. The molecule has 0 radical (unpaired) electrons. The second kappa shape index (κ2) is 5.91. The largest absolute Gasteiger partial charge is 0.469 e.